The van der Waals surface area contributed by atoms with E-state index in [0.29, 0.717) is 10.0 Å². The molecule has 0 aliphatic rings. The van der Waals surface area contributed by atoms with Gasteiger partial charge >= 0.3 is 5.97 Å². The quantitative estimate of drug-likeness (QED) is 0.838. The number of carbonyl (C=O) groups excluding carboxylic acids is 1. The number of esters is 1. The standard InChI is InChI=1S/C12H19ClN2O2S/c1-11(2,3)14-9-7(13)8(15-18-9)10(16)17-12(4,5)6/h14H,1-6H3. The number of nitrogens with one attached hydrogen (secondary N) is 1. The lowest BCUT2D eigenvalue weighted by Crippen LogP contribution is -2.26. The predicted molar refractivity (Wildman–Crippen MR) is 75.7 cm³/mol. The Kier molecular flexibility index (Phi) is 4.28. The van der Waals surface area contributed by atoms with E-state index in [4.69, 9.17) is 16.3 Å². The van der Waals surface area contributed by atoms with Crippen molar-refractivity contribution in [3.63, 3.8) is 0 Å². The molecular weight excluding hydrogens is 272 g/mol. The summed E-state index contributed by atoms with van der Waals surface area (Å²) in [5.74, 6) is -0.495. The first-order chi connectivity index (χ1) is 7.99. The van der Waals surface area contributed by atoms with Crippen LogP contribution in [0.15, 0.2) is 0 Å². The van der Waals surface area contributed by atoms with E-state index in [2.05, 4.69) is 9.69 Å². The van der Waals surface area contributed by atoms with Gasteiger partial charge in [0.2, 0.25) is 0 Å². The van der Waals surface area contributed by atoms with E-state index >= 15 is 0 Å². The molecule has 0 bridgehead atoms. The molecule has 6 heteroatoms. The fraction of sp³-hybridized carbons (Fsp3) is 0.667. The number of halogens is 1. The Hall–Kier alpha value is -0.810. The van der Waals surface area contributed by atoms with Gasteiger partial charge in [-0.3, -0.25) is 0 Å². The van der Waals surface area contributed by atoms with Crippen molar-refractivity contribution < 1.29 is 9.53 Å². The smallest absolute Gasteiger partial charge is 0.360 e. The monoisotopic (exact) mass is 290 g/mol. The Balaban J connectivity index is 2.90. The second-order valence-corrected chi connectivity index (χ2v) is 7.20. The first-order valence-electron chi connectivity index (χ1n) is 5.66. The normalized spacial score (nSPS) is 12.4. The molecule has 1 aromatic rings. The Morgan fingerprint density at radius 3 is 2.28 bits per heavy atom. The molecule has 1 rings (SSSR count). The van der Waals surface area contributed by atoms with Gasteiger partial charge in [0.25, 0.3) is 0 Å². The maximum Gasteiger partial charge on any atom is 0.360 e. The Morgan fingerprint density at radius 1 is 1.28 bits per heavy atom. The lowest BCUT2D eigenvalue weighted by molar-refractivity contribution is 0.00645. The summed E-state index contributed by atoms with van der Waals surface area (Å²) in [7, 11) is 0. The fourth-order valence-electron chi connectivity index (χ4n) is 1.15. The van der Waals surface area contributed by atoms with Gasteiger partial charge in [0, 0.05) is 5.54 Å². The fourth-order valence-corrected chi connectivity index (χ4v) is 2.35. The summed E-state index contributed by atoms with van der Waals surface area (Å²) < 4.78 is 9.30. The third-order valence-electron chi connectivity index (χ3n) is 1.72. The molecule has 0 aromatic carbocycles. The van der Waals surface area contributed by atoms with Crippen molar-refractivity contribution in [2.75, 3.05) is 5.32 Å². The number of hydrogen-bond acceptors (Lipinski definition) is 5. The highest BCUT2D eigenvalue weighted by molar-refractivity contribution is 7.11. The zero-order chi connectivity index (χ0) is 14.1. The Bertz CT molecular complexity index is 444. The van der Waals surface area contributed by atoms with Crippen molar-refractivity contribution >= 4 is 34.1 Å². The van der Waals surface area contributed by atoms with Gasteiger partial charge in [-0.25, -0.2) is 4.79 Å². The minimum Gasteiger partial charge on any atom is -0.455 e. The maximum absolute atomic E-state index is 11.9. The average Bonchev–Trinajstić information content (AvgIpc) is 2.42. The molecular formula is C12H19ClN2O2S. The third kappa shape index (κ3) is 4.46. The van der Waals surface area contributed by atoms with Crippen LogP contribution < -0.4 is 5.32 Å². The molecule has 0 atom stereocenters. The number of nitrogens with zero attached hydrogens (tertiary/aromatic N) is 1. The Labute approximate surface area is 117 Å². The van der Waals surface area contributed by atoms with Crippen LogP contribution in [-0.2, 0) is 4.74 Å². The number of rotatable bonds is 2. The van der Waals surface area contributed by atoms with E-state index in [-0.39, 0.29) is 11.2 Å². The second kappa shape index (κ2) is 5.05. The van der Waals surface area contributed by atoms with Gasteiger partial charge in [-0.2, -0.15) is 4.37 Å². The van der Waals surface area contributed by atoms with Crippen LogP contribution in [-0.4, -0.2) is 21.5 Å². The molecule has 0 aliphatic heterocycles. The number of hydrogen-bond donors (Lipinski definition) is 1. The van der Waals surface area contributed by atoms with E-state index < -0.39 is 11.6 Å². The SMILES string of the molecule is CC(C)(C)Nc1snc(C(=O)OC(C)(C)C)c1Cl. The molecule has 1 aromatic heterocycles. The molecule has 0 radical (unpaired) electrons. The summed E-state index contributed by atoms with van der Waals surface area (Å²) >= 11 is 7.30. The minimum atomic E-state index is -0.554. The van der Waals surface area contributed by atoms with E-state index in [0.717, 1.165) is 11.5 Å². The van der Waals surface area contributed by atoms with Crippen LogP contribution in [0.4, 0.5) is 5.00 Å². The zero-order valence-electron chi connectivity index (χ0n) is 11.5. The Morgan fingerprint density at radius 2 is 1.83 bits per heavy atom. The number of ether oxygens (including phenoxy) is 1. The molecule has 102 valence electrons. The van der Waals surface area contributed by atoms with Crippen LogP contribution in [0, 0.1) is 0 Å². The number of carbonyl (C=O) groups is 1. The highest BCUT2D eigenvalue weighted by Crippen LogP contribution is 2.33. The summed E-state index contributed by atoms with van der Waals surface area (Å²) in [6.07, 6.45) is 0. The van der Waals surface area contributed by atoms with Crippen LogP contribution >= 0.6 is 23.1 Å². The van der Waals surface area contributed by atoms with Gasteiger partial charge in [0.15, 0.2) is 5.69 Å². The van der Waals surface area contributed by atoms with Gasteiger partial charge in [-0.05, 0) is 53.1 Å². The molecule has 1 heterocycles. The summed E-state index contributed by atoms with van der Waals surface area (Å²) in [5, 5.41) is 4.21. The summed E-state index contributed by atoms with van der Waals surface area (Å²) in [5.41, 5.74) is -0.522. The van der Waals surface area contributed by atoms with Gasteiger partial charge < -0.3 is 10.1 Å². The molecule has 0 amide bonds. The van der Waals surface area contributed by atoms with Crippen LogP contribution in [0.25, 0.3) is 0 Å². The molecule has 1 N–H and O–H groups in total. The molecule has 0 saturated carbocycles. The highest BCUT2D eigenvalue weighted by atomic mass is 35.5. The highest BCUT2D eigenvalue weighted by Gasteiger charge is 2.25. The first-order valence-corrected chi connectivity index (χ1v) is 6.81. The molecule has 0 unspecified atom stereocenters. The lowest BCUT2D eigenvalue weighted by Gasteiger charge is -2.21. The molecule has 0 spiro atoms. The zero-order valence-corrected chi connectivity index (χ0v) is 13.1. The summed E-state index contributed by atoms with van der Waals surface area (Å²) in [6, 6.07) is 0. The van der Waals surface area contributed by atoms with Gasteiger partial charge in [-0.1, -0.05) is 11.6 Å². The van der Waals surface area contributed by atoms with E-state index in [1.54, 1.807) is 20.8 Å². The van der Waals surface area contributed by atoms with Crippen LogP contribution in [0.5, 0.6) is 0 Å². The molecule has 0 fully saturated rings. The van der Waals surface area contributed by atoms with Crippen molar-refractivity contribution in [1.82, 2.24) is 4.37 Å². The second-order valence-electron chi connectivity index (χ2n) is 6.05. The van der Waals surface area contributed by atoms with Crippen molar-refractivity contribution in [3.05, 3.63) is 10.7 Å². The van der Waals surface area contributed by atoms with Gasteiger partial charge in [0.05, 0.1) is 0 Å². The van der Waals surface area contributed by atoms with Crippen LogP contribution in [0.2, 0.25) is 5.02 Å². The summed E-state index contributed by atoms with van der Waals surface area (Å²) in [4.78, 5) is 11.9. The van der Waals surface area contributed by atoms with Crippen LogP contribution in [0.3, 0.4) is 0 Å². The van der Waals surface area contributed by atoms with Crippen molar-refractivity contribution in [2.45, 2.75) is 52.7 Å². The van der Waals surface area contributed by atoms with E-state index in [9.17, 15) is 4.79 Å². The third-order valence-corrected chi connectivity index (χ3v) is 2.96. The van der Waals surface area contributed by atoms with E-state index in [1.165, 1.54) is 0 Å². The summed E-state index contributed by atoms with van der Waals surface area (Å²) in [6.45, 7) is 11.4. The van der Waals surface area contributed by atoms with Crippen molar-refractivity contribution in [1.29, 1.82) is 0 Å². The van der Waals surface area contributed by atoms with Gasteiger partial charge in [-0.15, -0.1) is 0 Å². The number of aromatic nitrogens is 1. The van der Waals surface area contributed by atoms with Crippen molar-refractivity contribution in [3.8, 4) is 0 Å². The predicted octanol–water partition coefficient (Wildman–Crippen LogP) is 3.96. The van der Waals surface area contributed by atoms with Crippen LogP contribution in [0.1, 0.15) is 52.0 Å². The largest absolute Gasteiger partial charge is 0.455 e. The number of anilines is 1. The minimum absolute atomic E-state index is 0.138. The van der Waals surface area contributed by atoms with Gasteiger partial charge in [0.1, 0.15) is 15.6 Å². The maximum atomic E-state index is 11.9. The van der Waals surface area contributed by atoms with Crippen molar-refractivity contribution in [2.24, 2.45) is 0 Å². The topological polar surface area (TPSA) is 51.2 Å². The first kappa shape index (κ1) is 15.2. The van der Waals surface area contributed by atoms with E-state index in [1.807, 2.05) is 20.8 Å². The average molecular weight is 291 g/mol. The molecule has 18 heavy (non-hydrogen) atoms. The molecule has 0 saturated heterocycles. The molecule has 4 nitrogen and oxygen atoms in total. The molecule has 0 aliphatic carbocycles. The lowest BCUT2D eigenvalue weighted by atomic mass is 10.1.